The van der Waals surface area contributed by atoms with Gasteiger partial charge < -0.3 is 1.43 Å². The van der Waals surface area contributed by atoms with Crippen molar-refractivity contribution in [2.45, 2.75) is 104 Å². The Morgan fingerprint density at radius 2 is 1.00 bits per heavy atom. The van der Waals surface area contributed by atoms with Gasteiger partial charge in [0.2, 0.25) is 0 Å². The molecule has 0 bridgehead atoms. The van der Waals surface area contributed by atoms with Crippen molar-refractivity contribution in [3.05, 3.63) is 0 Å². The molecule has 0 aliphatic rings. The largest absolute Gasteiger partial charge is 1.00 e. The molecule has 0 saturated heterocycles. The first-order valence-corrected chi connectivity index (χ1v) is 11.1. The van der Waals surface area contributed by atoms with Crippen LogP contribution < -0.4 is 29.6 Å². The zero-order valence-corrected chi connectivity index (χ0v) is 18.8. The van der Waals surface area contributed by atoms with Crippen LogP contribution in [0.5, 0.6) is 0 Å². The second-order valence-electron chi connectivity index (χ2n) is 6.26. The van der Waals surface area contributed by atoms with Crippen LogP contribution in [-0.4, -0.2) is 20.8 Å². The van der Waals surface area contributed by atoms with Gasteiger partial charge in [-0.2, -0.15) is 8.42 Å². The predicted molar refractivity (Wildman–Crippen MR) is 96.8 cm³/mol. The Bertz CT molecular complexity index is 324. The summed E-state index contributed by atoms with van der Waals surface area (Å²) in [6, 6.07) is 0. The molecule has 0 aromatic carbocycles. The van der Waals surface area contributed by atoms with Crippen LogP contribution in [0.2, 0.25) is 0 Å². The summed E-state index contributed by atoms with van der Waals surface area (Å²) in [5.41, 5.74) is 0. The average Bonchev–Trinajstić information content (AvgIpc) is 2.47. The third-order valence-electron chi connectivity index (χ3n) is 4.05. The van der Waals surface area contributed by atoms with Crippen LogP contribution >= 0.6 is 0 Å². The van der Waals surface area contributed by atoms with Crippen molar-refractivity contribution in [1.82, 2.24) is 0 Å². The Morgan fingerprint density at radius 1 is 0.652 bits per heavy atom. The fraction of sp³-hybridized carbons (Fsp3) is 1.00. The molecule has 0 fully saturated rings. The van der Waals surface area contributed by atoms with E-state index in [9.17, 15) is 8.42 Å². The molecule has 0 radical (unpaired) electrons. The van der Waals surface area contributed by atoms with Crippen molar-refractivity contribution in [3.8, 4) is 0 Å². The van der Waals surface area contributed by atoms with Gasteiger partial charge in [0.05, 0.1) is 12.4 Å². The van der Waals surface area contributed by atoms with Crippen molar-refractivity contribution >= 4 is 10.1 Å². The molecule has 5 heteroatoms. The molecule has 0 heterocycles. The summed E-state index contributed by atoms with van der Waals surface area (Å²) in [5, 5.41) is 0. The van der Waals surface area contributed by atoms with Gasteiger partial charge in [-0.05, 0) is 13.3 Å². The van der Waals surface area contributed by atoms with E-state index in [0.29, 0.717) is 0 Å². The van der Waals surface area contributed by atoms with Gasteiger partial charge >= 0.3 is 29.6 Å². The Balaban J connectivity index is -0.00000220. The van der Waals surface area contributed by atoms with E-state index in [4.69, 9.17) is 4.18 Å². The van der Waals surface area contributed by atoms with Gasteiger partial charge in [-0.25, -0.2) is 0 Å². The fourth-order valence-corrected chi connectivity index (χ4v) is 3.75. The molecule has 0 aliphatic heterocycles. The van der Waals surface area contributed by atoms with Crippen LogP contribution in [0.15, 0.2) is 0 Å². The maximum absolute atomic E-state index is 11.3. The van der Waals surface area contributed by atoms with Crippen LogP contribution in [0.25, 0.3) is 0 Å². The molecule has 0 N–H and O–H groups in total. The summed E-state index contributed by atoms with van der Waals surface area (Å²) in [4.78, 5) is 0. The van der Waals surface area contributed by atoms with Crippen LogP contribution in [0, 0.1) is 0 Å². The summed E-state index contributed by atoms with van der Waals surface area (Å²) >= 11 is 0. The maximum Gasteiger partial charge on any atom is 1.00 e. The Morgan fingerprint density at radius 3 is 1.35 bits per heavy atom. The maximum atomic E-state index is 11.3. The van der Waals surface area contributed by atoms with Crippen LogP contribution in [-0.2, 0) is 14.3 Å². The molecule has 0 aliphatic carbocycles. The SMILES string of the molecule is CCCCCCCCCCCCCCCCS(=O)(=O)OCC.[H-].[Na+]. The third kappa shape index (κ3) is 20.9. The molecule has 0 amide bonds. The number of hydrogen-bond acceptors (Lipinski definition) is 3. The number of rotatable bonds is 17. The quantitative estimate of drug-likeness (QED) is 0.228. The first-order chi connectivity index (χ1) is 10.6. The second-order valence-corrected chi connectivity index (χ2v) is 8.02. The first kappa shape index (κ1) is 26.1. The molecule has 0 rings (SSSR count). The topological polar surface area (TPSA) is 43.4 Å². The van der Waals surface area contributed by atoms with E-state index in [2.05, 4.69) is 6.92 Å². The van der Waals surface area contributed by atoms with Crippen molar-refractivity contribution < 1.29 is 43.6 Å². The monoisotopic (exact) mass is 358 g/mol. The Kier molecular flexibility index (Phi) is 21.9. The second kappa shape index (κ2) is 19.2. The van der Waals surface area contributed by atoms with Crippen molar-refractivity contribution in [2.75, 3.05) is 12.4 Å². The van der Waals surface area contributed by atoms with E-state index >= 15 is 0 Å². The minimum atomic E-state index is -3.25. The van der Waals surface area contributed by atoms with Gasteiger partial charge in [-0.1, -0.05) is 90.4 Å². The molecular weight excluding hydrogens is 319 g/mol. The normalized spacial score (nSPS) is 11.4. The van der Waals surface area contributed by atoms with E-state index < -0.39 is 10.1 Å². The molecule has 0 aromatic heterocycles. The van der Waals surface area contributed by atoms with E-state index in [0.717, 1.165) is 19.3 Å². The van der Waals surface area contributed by atoms with Gasteiger partial charge in [0, 0.05) is 0 Å². The number of hydrogen-bond donors (Lipinski definition) is 0. The van der Waals surface area contributed by atoms with Gasteiger partial charge in [-0.3, -0.25) is 4.18 Å². The van der Waals surface area contributed by atoms with Crippen LogP contribution in [0.3, 0.4) is 0 Å². The predicted octanol–water partition coefficient (Wildman–Crippen LogP) is 2.95. The zero-order chi connectivity index (χ0) is 16.5. The summed E-state index contributed by atoms with van der Waals surface area (Å²) in [7, 11) is -3.25. The molecule has 0 atom stereocenters. The molecule has 0 saturated carbocycles. The molecule has 3 nitrogen and oxygen atoms in total. The smallest absolute Gasteiger partial charge is 1.00 e. The van der Waals surface area contributed by atoms with Gasteiger partial charge in [-0.15, -0.1) is 0 Å². The van der Waals surface area contributed by atoms with Crippen molar-refractivity contribution in [1.29, 1.82) is 0 Å². The summed E-state index contributed by atoms with van der Waals surface area (Å²) in [6.45, 7) is 4.22. The van der Waals surface area contributed by atoms with Crippen molar-refractivity contribution in [3.63, 3.8) is 0 Å². The molecule has 136 valence electrons. The molecular formula is C18H39NaO3S. The van der Waals surface area contributed by atoms with E-state index in [1.165, 1.54) is 70.6 Å². The molecule has 0 aromatic rings. The number of unbranched alkanes of at least 4 members (excludes halogenated alkanes) is 13. The minimum Gasteiger partial charge on any atom is -1.00 e. The summed E-state index contributed by atoms with van der Waals surface area (Å²) in [6.07, 6.45) is 17.9. The van der Waals surface area contributed by atoms with Crippen molar-refractivity contribution in [2.24, 2.45) is 0 Å². The Hall–Kier alpha value is 0.910. The minimum absolute atomic E-state index is 0. The van der Waals surface area contributed by atoms with Crippen LogP contribution in [0.4, 0.5) is 0 Å². The van der Waals surface area contributed by atoms with Gasteiger partial charge in [0.25, 0.3) is 10.1 Å². The summed E-state index contributed by atoms with van der Waals surface area (Å²) in [5.74, 6) is 0.179. The van der Waals surface area contributed by atoms with Gasteiger partial charge in [0.1, 0.15) is 0 Å². The average molecular weight is 359 g/mol. The molecule has 23 heavy (non-hydrogen) atoms. The van der Waals surface area contributed by atoms with E-state index in [1.54, 1.807) is 6.92 Å². The van der Waals surface area contributed by atoms with Gasteiger partial charge in [0.15, 0.2) is 0 Å². The van der Waals surface area contributed by atoms with Crippen LogP contribution in [0.1, 0.15) is 105 Å². The first-order valence-electron chi connectivity index (χ1n) is 9.49. The molecule has 0 unspecified atom stereocenters. The summed E-state index contributed by atoms with van der Waals surface area (Å²) < 4.78 is 27.4. The van der Waals surface area contributed by atoms with E-state index in [1.807, 2.05) is 0 Å². The third-order valence-corrected chi connectivity index (χ3v) is 5.43. The zero-order valence-electron chi connectivity index (χ0n) is 16.9. The fourth-order valence-electron chi connectivity index (χ4n) is 2.71. The standard InChI is InChI=1S/C18H38O3S.Na.H/c1-3-5-6-7-8-9-10-11-12-13-14-15-16-17-18-22(19,20)21-4-2;;/h3-18H2,1-2H3;;/q;+1;-1. The Labute approximate surface area is 169 Å². The van der Waals surface area contributed by atoms with E-state index in [-0.39, 0.29) is 43.3 Å². The molecule has 0 spiro atoms.